The molecule has 2 N–H and O–H groups in total. The fourth-order valence-electron chi connectivity index (χ4n) is 3.51. The Hall–Kier alpha value is 0.520. The summed E-state index contributed by atoms with van der Waals surface area (Å²) in [5.41, 5.74) is 0. The Morgan fingerprint density at radius 3 is 2.89 bits per heavy atom. The van der Waals surface area contributed by atoms with Gasteiger partial charge in [0.2, 0.25) is 0 Å². The van der Waals surface area contributed by atoms with Crippen LogP contribution in [0.25, 0.3) is 0 Å². The van der Waals surface area contributed by atoms with Gasteiger partial charge in [-0.3, -0.25) is 0 Å². The highest BCUT2D eigenvalue weighted by molar-refractivity contribution is 7.99. The van der Waals surface area contributed by atoms with Gasteiger partial charge < -0.3 is 15.4 Å². The van der Waals surface area contributed by atoms with E-state index in [0.29, 0.717) is 6.04 Å². The van der Waals surface area contributed by atoms with Gasteiger partial charge >= 0.3 is 0 Å². The molecule has 3 fully saturated rings. The standard InChI is InChI=1S/C13H24N2OS.ClH/c1-2-11(13-8-16-6-5-14-13)12(3-1)15-10-4-7-17-9-10;/h10-15H,1-9H2;1H. The van der Waals surface area contributed by atoms with Crippen molar-refractivity contribution in [2.75, 3.05) is 31.3 Å². The van der Waals surface area contributed by atoms with Crippen molar-refractivity contribution in [3.63, 3.8) is 0 Å². The predicted octanol–water partition coefficient (Wildman–Crippen LogP) is 1.66. The van der Waals surface area contributed by atoms with E-state index >= 15 is 0 Å². The minimum atomic E-state index is 0. The van der Waals surface area contributed by atoms with Crippen LogP contribution < -0.4 is 10.6 Å². The van der Waals surface area contributed by atoms with Crippen LogP contribution in [0.2, 0.25) is 0 Å². The van der Waals surface area contributed by atoms with Crippen LogP contribution in [0.4, 0.5) is 0 Å². The Morgan fingerprint density at radius 2 is 2.17 bits per heavy atom. The highest BCUT2D eigenvalue weighted by Crippen LogP contribution is 2.31. The fraction of sp³-hybridized carbons (Fsp3) is 1.00. The number of rotatable bonds is 3. The molecule has 0 aromatic carbocycles. The molecule has 0 bridgehead atoms. The van der Waals surface area contributed by atoms with Gasteiger partial charge in [-0.25, -0.2) is 0 Å². The van der Waals surface area contributed by atoms with E-state index in [1.165, 1.54) is 37.2 Å². The summed E-state index contributed by atoms with van der Waals surface area (Å²) in [6, 6.07) is 2.10. The lowest BCUT2D eigenvalue weighted by Crippen LogP contribution is -2.52. The van der Waals surface area contributed by atoms with Crippen molar-refractivity contribution < 1.29 is 4.74 Å². The minimum absolute atomic E-state index is 0. The summed E-state index contributed by atoms with van der Waals surface area (Å²) in [6.07, 6.45) is 5.49. The Bertz CT molecular complexity index is 245. The highest BCUT2D eigenvalue weighted by atomic mass is 35.5. The SMILES string of the molecule is C1CC(NC2CCSC2)C(C2COCCN2)C1.Cl. The van der Waals surface area contributed by atoms with Gasteiger partial charge in [-0.2, -0.15) is 11.8 Å². The number of halogens is 1. The summed E-state index contributed by atoms with van der Waals surface area (Å²) in [6.45, 7) is 2.84. The second-order valence-electron chi connectivity index (χ2n) is 5.56. The van der Waals surface area contributed by atoms with E-state index in [1.54, 1.807) is 0 Å². The van der Waals surface area contributed by atoms with E-state index in [4.69, 9.17) is 4.74 Å². The van der Waals surface area contributed by atoms with Gasteiger partial charge in [0.25, 0.3) is 0 Å². The molecule has 3 nitrogen and oxygen atoms in total. The first-order valence-corrected chi connectivity index (χ1v) is 8.24. The maximum absolute atomic E-state index is 5.62. The predicted molar refractivity (Wildman–Crippen MR) is 79.9 cm³/mol. The third-order valence-corrected chi connectivity index (χ3v) is 5.58. The zero-order valence-corrected chi connectivity index (χ0v) is 12.5. The lowest BCUT2D eigenvalue weighted by atomic mass is 9.93. The van der Waals surface area contributed by atoms with E-state index in [0.717, 1.165) is 37.8 Å². The molecule has 18 heavy (non-hydrogen) atoms. The molecule has 4 atom stereocenters. The molecular weight excluding hydrogens is 268 g/mol. The lowest BCUT2D eigenvalue weighted by Gasteiger charge is -2.34. The van der Waals surface area contributed by atoms with Crippen LogP contribution >= 0.6 is 24.2 Å². The first-order valence-electron chi connectivity index (χ1n) is 7.08. The molecule has 1 saturated carbocycles. The Kier molecular flexibility index (Phi) is 6.09. The van der Waals surface area contributed by atoms with Crippen molar-refractivity contribution in [1.82, 2.24) is 10.6 Å². The summed E-state index contributed by atoms with van der Waals surface area (Å²) < 4.78 is 5.62. The van der Waals surface area contributed by atoms with E-state index in [9.17, 15) is 0 Å². The van der Waals surface area contributed by atoms with E-state index in [2.05, 4.69) is 22.4 Å². The molecule has 2 heterocycles. The Balaban J connectivity index is 0.00000120. The minimum Gasteiger partial charge on any atom is -0.379 e. The normalized spacial score (nSPS) is 40.7. The fourth-order valence-corrected chi connectivity index (χ4v) is 4.67. The van der Waals surface area contributed by atoms with Crippen molar-refractivity contribution >= 4 is 24.2 Å². The monoisotopic (exact) mass is 292 g/mol. The van der Waals surface area contributed by atoms with Crippen molar-refractivity contribution in [2.24, 2.45) is 5.92 Å². The summed E-state index contributed by atoms with van der Waals surface area (Å²) >= 11 is 2.10. The molecule has 2 aliphatic heterocycles. The first-order chi connectivity index (χ1) is 8.43. The highest BCUT2D eigenvalue weighted by Gasteiger charge is 2.35. The second kappa shape index (κ2) is 7.34. The number of morpholine rings is 1. The number of thioether (sulfide) groups is 1. The van der Waals surface area contributed by atoms with Gasteiger partial charge in [-0.05, 0) is 30.9 Å². The maximum atomic E-state index is 5.62. The van der Waals surface area contributed by atoms with Crippen molar-refractivity contribution in [3.05, 3.63) is 0 Å². The maximum Gasteiger partial charge on any atom is 0.0623 e. The number of hydrogen-bond acceptors (Lipinski definition) is 4. The average molecular weight is 293 g/mol. The molecular formula is C13H25ClN2OS. The zero-order valence-electron chi connectivity index (χ0n) is 10.9. The topological polar surface area (TPSA) is 33.3 Å². The van der Waals surface area contributed by atoms with E-state index in [-0.39, 0.29) is 12.4 Å². The van der Waals surface area contributed by atoms with Gasteiger partial charge in [0.15, 0.2) is 0 Å². The van der Waals surface area contributed by atoms with Gasteiger partial charge in [0.05, 0.1) is 13.2 Å². The molecule has 106 valence electrons. The molecule has 1 aliphatic carbocycles. The molecule has 0 radical (unpaired) electrons. The quantitative estimate of drug-likeness (QED) is 0.829. The van der Waals surface area contributed by atoms with Crippen molar-refractivity contribution in [2.45, 2.75) is 43.8 Å². The lowest BCUT2D eigenvalue weighted by molar-refractivity contribution is 0.0519. The van der Waals surface area contributed by atoms with Crippen molar-refractivity contribution in [1.29, 1.82) is 0 Å². The summed E-state index contributed by atoms with van der Waals surface area (Å²) in [7, 11) is 0. The van der Waals surface area contributed by atoms with Crippen LogP contribution in [0, 0.1) is 5.92 Å². The van der Waals surface area contributed by atoms with Crippen LogP contribution in [0.3, 0.4) is 0 Å². The summed E-state index contributed by atoms with van der Waals surface area (Å²) in [5.74, 6) is 3.46. The average Bonchev–Trinajstić information content (AvgIpc) is 3.02. The third kappa shape index (κ3) is 3.54. The van der Waals surface area contributed by atoms with Gasteiger partial charge in [0.1, 0.15) is 0 Å². The number of ether oxygens (including phenoxy) is 1. The molecule has 5 heteroatoms. The van der Waals surface area contributed by atoms with Gasteiger partial charge in [-0.15, -0.1) is 12.4 Å². The van der Waals surface area contributed by atoms with Crippen LogP contribution in [-0.4, -0.2) is 49.4 Å². The summed E-state index contributed by atoms with van der Waals surface area (Å²) in [4.78, 5) is 0. The van der Waals surface area contributed by atoms with E-state index < -0.39 is 0 Å². The van der Waals surface area contributed by atoms with Crippen molar-refractivity contribution in [3.8, 4) is 0 Å². The molecule has 0 spiro atoms. The first kappa shape index (κ1) is 14.9. The Morgan fingerprint density at radius 1 is 1.22 bits per heavy atom. The number of hydrogen-bond donors (Lipinski definition) is 2. The van der Waals surface area contributed by atoms with Gasteiger partial charge in [-0.1, -0.05) is 6.42 Å². The molecule has 3 aliphatic rings. The Labute approximate surface area is 121 Å². The molecule has 3 rings (SSSR count). The van der Waals surface area contributed by atoms with Gasteiger partial charge in [0, 0.05) is 30.4 Å². The molecule has 2 saturated heterocycles. The molecule has 4 unspecified atom stereocenters. The molecule has 0 amide bonds. The largest absolute Gasteiger partial charge is 0.379 e. The zero-order chi connectivity index (χ0) is 11.5. The van der Waals surface area contributed by atoms with Crippen LogP contribution in [-0.2, 0) is 4.74 Å². The smallest absolute Gasteiger partial charge is 0.0623 e. The second-order valence-corrected chi connectivity index (χ2v) is 6.71. The van der Waals surface area contributed by atoms with Crippen LogP contribution in [0.15, 0.2) is 0 Å². The number of nitrogens with one attached hydrogen (secondary N) is 2. The summed E-state index contributed by atoms with van der Waals surface area (Å²) in [5, 5.41) is 7.55. The van der Waals surface area contributed by atoms with Crippen LogP contribution in [0.1, 0.15) is 25.7 Å². The third-order valence-electron chi connectivity index (χ3n) is 4.42. The van der Waals surface area contributed by atoms with E-state index in [1.807, 2.05) is 0 Å². The molecule has 0 aromatic heterocycles. The molecule has 0 aromatic rings. The van der Waals surface area contributed by atoms with Crippen LogP contribution in [0.5, 0.6) is 0 Å².